The molecule has 166 valence electrons. The lowest BCUT2D eigenvalue weighted by molar-refractivity contribution is -0.126. The van der Waals surface area contributed by atoms with Gasteiger partial charge in [0, 0.05) is 25.3 Å². The number of rotatable bonds is 6. The van der Waals surface area contributed by atoms with Crippen molar-refractivity contribution < 1.29 is 13.2 Å². The van der Waals surface area contributed by atoms with Crippen LogP contribution in [0.5, 0.6) is 0 Å². The van der Waals surface area contributed by atoms with Crippen LogP contribution in [0, 0.1) is 12.8 Å². The van der Waals surface area contributed by atoms with Crippen LogP contribution >= 0.6 is 0 Å². The Morgan fingerprint density at radius 2 is 2.16 bits per heavy atom. The molecule has 1 amide bonds. The van der Waals surface area contributed by atoms with Crippen LogP contribution in [0.1, 0.15) is 44.1 Å². The minimum atomic E-state index is -3.73. The molecule has 1 aliphatic heterocycles. The number of aromatic nitrogens is 4. The van der Waals surface area contributed by atoms with E-state index in [-0.39, 0.29) is 30.1 Å². The van der Waals surface area contributed by atoms with Gasteiger partial charge in [-0.05, 0) is 51.3 Å². The summed E-state index contributed by atoms with van der Waals surface area (Å²) in [6.07, 6.45) is 4.36. The number of sulfonamides is 1. The fourth-order valence-electron chi connectivity index (χ4n) is 3.82. The molecule has 0 unspecified atom stereocenters. The minimum absolute atomic E-state index is 0.0276. The Hall–Kier alpha value is -2.72. The fraction of sp³-hybridized carbons (Fsp3) is 0.476. The first-order valence-corrected chi connectivity index (χ1v) is 11.9. The average Bonchev–Trinajstić information content (AvgIpc) is 3.39. The Bertz CT molecular complexity index is 1200. The third-order valence-electron chi connectivity index (χ3n) is 5.65. The molecule has 1 saturated heterocycles. The first-order valence-electron chi connectivity index (χ1n) is 10.5. The number of carbonyl (C=O) groups is 1. The average molecular weight is 445 g/mol. The molecule has 9 nitrogen and oxygen atoms in total. The number of imidazole rings is 2. The summed E-state index contributed by atoms with van der Waals surface area (Å²) in [6.45, 7) is 6.75. The predicted molar refractivity (Wildman–Crippen MR) is 117 cm³/mol. The molecule has 1 aliphatic rings. The quantitative estimate of drug-likeness (QED) is 0.606. The van der Waals surface area contributed by atoms with Crippen molar-refractivity contribution >= 4 is 27.0 Å². The highest BCUT2D eigenvalue weighted by Crippen LogP contribution is 2.24. The van der Waals surface area contributed by atoms with Crippen molar-refractivity contribution in [1.82, 2.24) is 29.1 Å². The van der Waals surface area contributed by atoms with E-state index in [1.54, 1.807) is 10.8 Å². The maximum Gasteiger partial charge on any atom is 0.262 e. The number of amides is 1. The first-order chi connectivity index (χ1) is 14.7. The van der Waals surface area contributed by atoms with Crippen molar-refractivity contribution in [3.63, 3.8) is 0 Å². The predicted octanol–water partition coefficient (Wildman–Crippen LogP) is 2.37. The molecule has 2 N–H and O–H groups in total. The van der Waals surface area contributed by atoms with Crippen LogP contribution in [0.15, 0.2) is 35.7 Å². The summed E-state index contributed by atoms with van der Waals surface area (Å²) in [6, 6.07) is 6.07. The molecule has 0 saturated carbocycles. The standard InChI is InChI=1S/C21H28N6O3S/c1-14(2)26-12-20(23-13-26)31(29,30)27-8-4-5-16(11-27)21(28)22-10-19-24-17-7-6-15(3)9-18(17)25-19/h6-7,9,12-14,16H,4-5,8,10-11H2,1-3H3,(H,22,28)(H,24,25)/t16-/m1/s1. The summed E-state index contributed by atoms with van der Waals surface area (Å²) >= 11 is 0. The van der Waals surface area contributed by atoms with Crippen LogP contribution in [0.4, 0.5) is 0 Å². The van der Waals surface area contributed by atoms with Crippen LogP contribution in [-0.4, -0.2) is 51.2 Å². The van der Waals surface area contributed by atoms with Gasteiger partial charge in [-0.15, -0.1) is 0 Å². The molecule has 0 spiro atoms. The smallest absolute Gasteiger partial charge is 0.262 e. The number of hydrogen-bond acceptors (Lipinski definition) is 5. The van der Waals surface area contributed by atoms with E-state index in [4.69, 9.17) is 0 Å². The third kappa shape index (κ3) is 4.49. The molecule has 4 rings (SSSR count). The van der Waals surface area contributed by atoms with Gasteiger partial charge in [0.05, 0.1) is 29.8 Å². The van der Waals surface area contributed by atoms with E-state index in [2.05, 4.69) is 20.3 Å². The van der Waals surface area contributed by atoms with Crippen molar-refractivity contribution in [3.05, 3.63) is 42.1 Å². The SMILES string of the molecule is Cc1ccc2nc(CNC(=O)[C@@H]3CCCN(S(=O)(=O)c4cn(C(C)C)cn4)C3)[nH]c2c1. The molecule has 10 heteroatoms. The molecule has 0 aliphatic carbocycles. The number of H-pyrrole nitrogens is 1. The highest BCUT2D eigenvalue weighted by molar-refractivity contribution is 7.89. The number of carbonyl (C=O) groups excluding carboxylic acids is 1. The van der Waals surface area contributed by atoms with Crippen molar-refractivity contribution in [3.8, 4) is 0 Å². The molecule has 3 aromatic rings. The van der Waals surface area contributed by atoms with Crippen molar-refractivity contribution in [1.29, 1.82) is 0 Å². The molecule has 0 radical (unpaired) electrons. The number of fused-ring (bicyclic) bond motifs is 1. The number of hydrogen-bond donors (Lipinski definition) is 2. The highest BCUT2D eigenvalue weighted by Gasteiger charge is 2.34. The molecule has 31 heavy (non-hydrogen) atoms. The van der Waals surface area contributed by atoms with E-state index in [0.717, 1.165) is 16.6 Å². The van der Waals surface area contributed by atoms with Crippen molar-refractivity contribution in [2.45, 2.75) is 51.2 Å². The Balaban J connectivity index is 1.40. The zero-order chi connectivity index (χ0) is 22.2. The van der Waals surface area contributed by atoms with Gasteiger partial charge >= 0.3 is 0 Å². The molecule has 1 atom stereocenters. The second-order valence-corrected chi connectivity index (χ2v) is 10.3. The largest absolute Gasteiger partial charge is 0.349 e. The third-order valence-corrected chi connectivity index (χ3v) is 7.40. The van der Waals surface area contributed by atoms with Crippen LogP contribution in [0.2, 0.25) is 0 Å². The van der Waals surface area contributed by atoms with Crippen molar-refractivity contribution in [2.24, 2.45) is 5.92 Å². The second-order valence-electron chi connectivity index (χ2n) is 8.38. The lowest BCUT2D eigenvalue weighted by Crippen LogP contribution is -2.45. The summed E-state index contributed by atoms with van der Waals surface area (Å²) in [5, 5.41) is 2.93. The van der Waals surface area contributed by atoms with Gasteiger partial charge in [0.25, 0.3) is 10.0 Å². The minimum Gasteiger partial charge on any atom is -0.349 e. The van der Waals surface area contributed by atoms with Gasteiger partial charge < -0.3 is 14.9 Å². The van der Waals surface area contributed by atoms with Crippen molar-refractivity contribution in [2.75, 3.05) is 13.1 Å². The summed E-state index contributed by atoms with van der Waals surface area (Å²) in [7, 11) is -3.73. The number of nitrogens with zero attached hydrogens (tertiary/aromatic N) is 4. The molecule has 3 heterocycles. The Morgan fingerprint density at radius 3 is 2.90 bits per heavy atom. The molecule has 1 aromatic carbocycles. The van der Waals surface area contributed by atoms with E-state index in [1.807, 2.05) is 39.0 Å². The van der Waals surface area contributed by atoms with Crippen LogP contribution in [-0.2, 0) is 21.4 Å². The monoisotopic (exact) mass is 444 g/mol. The second kappa shape index (κ2) is 8.43. The summed E-state index contributed by atoms with van der Waals surface area (Å²) in [4.78, 5) is 24.5. The molecular formula is C21H28N6O3S. The number of aromatic amines is 1. The lowest BCUT2D eigenvalue weighted by Gasteiger charge is -2.30. The van der Waals surface area contributed by atoms with Gasteiger partial charge in [-0.2, -0.15) is 4.31 Å². The number of piperidine rings is 1. The molecule has 2 aromatic heterocycles. The fourth-order valence-corrected chi connectivity index (χ4v) is 5.26. The number of aryl methyl sites for hydroxylation is 1. The molecule has 1 fully saturated rings. The van der Waals surface area contributed by atoms with Gasteiger partial charge in [0.15, 0.2) is 5.03 Å². The van der Waals surface area contributed by atoms with Gasteiger partial charge in [0.1, 0.15) is 5.82 Å². The Kier molecular flexibility index (Phi) is 5.85. The van der Waals surface area contributed by atoms with Gasteiger partial charge in [-0.1, -0.05) is 6.07 Å². The highest BCUT2D eigenvalue weighted by atomic mass is 32.2. The van der Waals surface area contributed by atoms with Crippen LogP contribution in [0.25, 0.3) is 11.0 Å². The van der Waals surface area contributed by atoms with Crippen LogP contribution < -0.4 is 5.32 Å². The van der Waals surface area contributed by atoms with Gasteiger partial charge in [0.2, 0.25) is 5.91 Å². The van der Waals surface area contributed by atoms with Gasteiger partial charge in [-0.25, -0.2) is 18.4 Å². The first kappa shape index (κ1) is 21.5. The Morgan fingerprint density at radius 1 is 1.35 bits per heavy atom. The maximum absolute atomic E-state index is 13.0. The number of benzene rings is 1. The van der Waals surface area contributed by atoms with E-state index in [9.17, 15) is 13.2 Å². The topological polar surface area (TPSA) is 113 Å². The van der Waals surface area contributed by atoms with Gasteiger partial charge in [-0.3, -0.25) is 4.79 Å². The molecular weight excluding hydrogens is 416 g/mol. The lowest BCUT2D eigenvalue weighted by atomic mass is 9.99. The molecule has 0 bridgehead atoms. The zero-order valence-electron chi connectivity index (χ0n) is 18.0. The summed E-state index contributed by atoms with van der Waals surface area (Å²) in [5.41, 5.74) is 2.92. The summed E-state index contributed by atoms with van der Waals surface area (Å²) < 4.78 is 29.1. The maximum atomic E-state index is 13.0. The summed E-state index contributed by atoms with van der Waals surface area (Å²) in [5.74, 6) is 0.111. The zero-order valence-corrected chi connectivity index (χ0v) is 18.8. The van der Waals surface area contributed by atoms with E-state index < -0.39 is 15.9 Å². The van der Waals surface area contributed by atoms with E-state index >= 15 is 0 Å². The normalized spacial score (nSPS) is 18.0. The number of nitrogens with one attached hydrogen (secondary N) is 2. The van der Waals surface area contributed by atoms with Crippen LogP contribution in [0.3, 0.4) is 0 Å². The van der Waals surface area contributed by atoms with E-state index in [1.165, 1.54) is 10.6 Å². The Labute approximate surface area is 181 Å². The van der Waals surface area contributed by atoms with E-state index in [0.29, 0.717) is 25.2 Å².